The summed E-state index contributed by atoms with van der Waals surface area (Å²) in [4.78, 5) is 0. The average Bonchev–Trinajstić information content (AvgIpc) is 2.32. The van der Waals surface area contributed by atoms with E-state index in [0.29, 0.717) is 5.92 Å². The Labute approximate surface area is 86.3 Å². The first-order valence-corrected chi connectivity index (χ1v) is 6.91. The molecule has 0 saturated heterocycles. The molecule has 78 valence electrons. The van der Waals surface area contributed by atoms with Crippen molar-refractivity contribution in [3.05, 3.63) is 0 Å². The molecule has 0 aliphatic heterocycles. The quantitative estimate of drug-likeness (QED) is 0.558. The van der Waals surface area contributed by atoms with Gasteiger partial charge < -0.3 is 5.11 Å². The molecule has 1 fully saturated rings. The predicted molar refractivity (Wildman–Crippen MR) is 60.2 cm³/mol. The molecule has 2 atom stereocenters. The molecule has 0 bridgehead atoms. The van der Waals surface area contributed by atoms with Gasteiger partial charge in [0.05, 0.1) is 6.10 Å². The molecule has 1 N–H and O–H groups in total. The molecule has 0 amide bonds. The normalized spacial score (nSPS) is 30.0. The third kappa shape index (κ3) is 4.37. The Kier molecular flexibility index (Phi) is 5.88. The van der Waals surface area contributed by atoms with Gasteiger partial charge in [0.2, 0.25) is 0 Å². The highest BCUT2D eigenvalue weighted by Crippen LogP contribution is 2.27. The lowest BCUT2D eigenvalue weighted by molar-refractivity contribution is 0.0955. The van der Waals surface area contributed by atoms with Crippen molar-refractivity contribution in [1.29, 1.82) is 0 Å². The standard InChI is InChI=1S/C11H22OS/c1-13-9-5-7-10-6-3-2-4-8-11(10)12/h10-12H,2-9H2,1H3. The van der Waals surface area contributed by atoms with Crippen LogP contribution in [0.25, 0.3) is 0 Å². The molecular weight excluding hydrogens is 180 g/mol. The zero-order chi connectivity index (χ0) is 9.52. The highest BCUT2D eigenvalue weighted by Gasteiger charge is 2.20. The van der Waals surface area contributed by atoms with Crippen LogP contribution in [0.5, 0.6) is 0 Å². The second-order valence-electron chi connectivity index (χ2n) is 4.10. The number of hydrogen-bond acceptors (Lipinski definition) is 2. The van der Waals surface area contributed by atoms with Crippen LogP contribution in [0.15, 0.2) is 0 Å². The minimum absolute atomic E-state index is 0.00403. The van der Waals surface area contributed by atoms with Crippen molar-refractivity contribution in [1.82, 2.24) is 0 Å². The molecule has 0 aromatic heterocycles. The van der Waals surface area contributed by atoms with E-state index in [-0.39, 0.29) is 6.10 Å². The number of thioether (sulfide) groups is 1. The summed E-state index contributed by atoms with van der Waals surface area (Å²) in [5.74, 6) is 1.86. The Morgan fingerprint density at radius 3 is 2.77 bits per heavy atom. The Bertz CT molecular complexity index is 127. The molecule has 1 aliphatic carbocycles. The highest BCUT2D eigenvalue weighted by atomic mass is 32.2. The minimum Gasteiger partial charge on any atom is -0.393 e. The van der Waals surface area contributed by atoms with Crippen LogP contribution in [0.1, 0.15) is 44.9 Å². The van der Waals surface area contributed by atoms with E-state index in [9.17, 15) is 5.11 Å². The van der Waals surface area contributed by atoms with Gasteiger partial charge in [0.1, 0.15) is 0 Å². The van der Waals surface area contributed by atoms with Gasteiger partial charge in [-0.3, -0.25) is 0 Å². The fraction of sp³-hybridized carbons (Fsp3) is 1.00. The molecule has 0 aromatic carbocycles. The van der Waals surface area contributed by atoms with Gasteiger partial charge in [0, 0.05) is 0 Å². The Hall–Kier alpha value is 0.310. The molecule has 1 saturated carbocycles. The lowest BCUT2D eigenvalue weighted by atomic mass is 9.93. The molecule has 1 rings (SSSR count). The number of aliphatic hydroxyl groups excluding tert-OH is 1. The Morgan fingerprint density at radius 2 is 2.00 bits per heavy atom. The number of rotatable bonds is 4. The first-order chi connectivity index (χ1) is 6.34. The van der Waals surface area contributed by atoms with Gasteiger partial charge in [-0.15, -0.1) is 0 Å². The van der Waals surface area contributed by atoms with Crippen LogP contribution in [0.3, 0.4) is 0 Å². The van der Waals surface area contributed by atoms with E-state index in [1.807, 2.05) is 11.8 Å². The van der Waals surface area contributed by atoms with Crippen molar-refractivity contribution in [2.45, 2.75) is 51.0 Å². The molecule has 0 heterocycles. The summed E-state index contributed by atoms with van der Waals surface area (Å²) < 4.78 is 0. The van der Waals surface area contributed by atoms with Crippen LogP contribution in [0, 0.1) is 5.92 Å². The molecule has 0 radical (unpaired) electrons. The summed E-state index contributed by atoms with van der Waals surface area (Å²) in [5.41, 5.74) is 0. The van der Waals surface area contributed by atoms with Crippen LogP contribution in [0.2, 0.25) is 0 Å². The largest absolute Gasteiger partial charge is 0.393 e. The second kappa shape index (κ2) is 6.72. The average molecular weight is 202 g/mol. The number of aliphatic hydroxyl groups is 1. The third-order valence-electron chi connectivity index (χ3n) is 3.04. The summed E-state index contributed by atoms with van der Waals surface area (Å²) in [5, 5.41) is 9.84. The van der Waals surface area contributed by atoms with E-state index in [0.717, 1.165) is 6.42 Å². The monoisotopic (exact) mass is 202 g/mol. The van der Waals surface area contributed by atoms with Crippen molar-refractivity contribution in [2.75, 3.05) is 12.0 Å². The van der Waals surface area contributed by atoms with Crippen molar-refractivity contribution < 1.29 is 5.11 Å². The van der Waals surface area contributed by atoms with Gasteiger partial charge >= 0.3 is 0 Å². The topological polar surface area (TPSA) is 20.2 Å². The Morgan fingerprint density at radius 1 is 1.23 bits per heavy atom. The molecule has 13 heavy (non-hydrogen) atoms. The lowest BCUT2D eigenvalue weighted by Gasteiger charge is -2.19. The number of hydrogen-bond donors (Lipinski definition) is 1. The van der Waals surface area contributed by atoms with E-state index in [4.69, 9.17) is 0 Å². The summed E-state index contributed by atoms with van der Waals surface area (Å²) in [6.07, 6.45) is 10.9. The molecule has 1 aliphatic rings. The fourth-order valence-electron chi connectivity index (χ4n) is 2.19. The molecule has 0 spiro atoms. The molecular formula is C11H22OS. The fourth-order valence-corrected chi connectivity index (χ4v) is 2.65. The zero-order valence-electron chi connectivity index (χ0n) is 8.67. The maximum Gasteiger partial charge on any atom is 0.0568 e. The highest BCUT2D eigenvalue weighted by molar-refractivity contribution is 7.98. The van der Waals surface area contributed by atoms with Gasteiger partial charge in [-0.1, -0.05) is 19.3 Å². The maximum absolute atomic E-state index is 9.84. The van der Waals surface area contributed by atoms with E-state index < -0.39 is 0 Å². The van der Waals surface area contributed by atoms with Crippen LogP contribution in [-0.4, -0.2) is 23.2 Å². The van der Waals surface area contributed by atoms with Crippen molar-refractivity contribution in [3.63, 3.8) is 0 Å². The molecule has 0 aromatic rings. The van der Waals surface area contributed by atoms with Gasteiger partial charge in [-0.05, 0) is 43.6 Å². The molecule has 2 heteroatoms. The van der Waals surface area contributed by atoms with Crippen LogP contribution < -0.4 is 0 Å². The summed E-state index contributed by atoms with van der Waals surface area (Å²) in [7, 11) is 0. The van der Waals surface area contributed by atoms with Crippen molar-refractivity contribution in [3.8, 4) is 0 Å². The van der Waals surface area contributed by atoms with Crippen molar-refractivity contribution >= 4 is 11.8 Å². The van der Waals surface area contributed by atoms with Gasteiger partial charge in [-0.2, -0.15) is 11.8 Å². The summed E-state index contributed by atoms with van der Waals surface area (Å²) >= 11 is 1.92. The second-order valence-corrected chi connectivity index (χ2v) is 5.09. The lowest BCUT2D eigenvalue weighted by Crippen LogP contribution is -2.18. The first-order valence-electron chi connectivity index (χ1n) is 5.51. The zero-order valence-corrected chi connectivity index (χ0v) is 9.48. The van der Waals surface area contributed by atoms with E-state index in [1.165, 1.54) is 44.3 Å². The molecule has 2 unspecified atom stereocenters. The summed E-state index contributed by atoms with van der Waals surface area (Å²) in [6, 6.07) is 0. The van der Waals surface area contributed by atoms with E-state index in [1.54, 1.807) is 0 Å². The van der Waals surface area contributed by atoms with Gasteiger partial charge in [0.15, 0.2) is 0 Å². The van der Waals surface area contributed by atoms with Crippen LogP contribution in [-0.2, 0) is 0 Å². The Balaban J connectivity index is 2.19. The predicted octanol–water partition coefficient (Wildman–Crippen LogP) is 3.07. The maximum atomic E-state index is 9.84. The molecule has 1 nitrogen and oxygen atoms in total. The SMILES string of the molecule is CSCCCC1CCCCCC1O. The van der Waals surface area contributed by atoms with Crippen molar-refractivity contribution in [2.24, 2.45) is 5.92 Å². The third-order valence-corrected chi connectivity index (χ3v) is 3.74. The van der Waals surface area contributed by atoms with Gasteiger partial charge in [0.25, 0.3) is 0 Å². The van der Waals surface area contributed by atoms with Crippen LogP contribution >= 0.6 is 11.8 Å². The van der Waals surface area contributed by atoms with Gasteiger partial charge in [-0.25, -0.2) is 0 Å². The summed E-state index contributed by atoms with van der Waals surface area (Å²) in [6.45, 7) is 0. The van der Waals surface area contributed by atoms with Crippen LogP contribution in [0.4, 0.5) is 0 Å². The van der Waals surface area contributed by atoms with E-state index in [2.05, 4.69) is 6.26 Å². The minimum atomic E-state index is 0.00403. The first kappa shape index (κ1) is 11.4. The van der Waals surface area contributed by atoms with E-state index >= 15 is 0 Å². The smallest absolute Gasteiger partial charge is 0.0568 e.